The van der Waals surface area contributed by atoms with Crippen molar-refractivity contribution < 1.29 is 28.9 Å². The summed E-state index contributed by atoms with van der Waals surface area (Å²) in [6.45, 7) is 0.792. The Morgan fingerprint density at radius 3 is 2.73 bits per heavy atom. The summed E-state index contributed by atoms with van der Waals surface area (Å²) in [5, 5.41) is 12.9. The zero-order chi connectivity index (χ0) is 18.1. The van der Waals surface area contributed by atoms with Gasteiger partial charge in [-0.25, -0.2) is 9.78 Å². The minimum Gasteiger partial charge on any atom is -0.480 e. The van der Waals surface area contributed by atoms with Gasteiger partial charge < -0.3 is 24.6 Å². The Balaban J connectivity index is 1.54. The molecule has 1 aromatic carbocycles. The molecule has 2 aliphatic heterocycles. The molecular formula is C17H16N2O6S. The van der Waals surface area contributed by atoms with E-state index in [0.717, 1.165) is 5.56 Å². The highest BCUT2D eigenvalue weighted by Gasteiger charge is 2.42. The summed E-state index contributed by atoms with van der Waals surface area (Å²) in [7, 11) is 0. The van der Waals surface area contributed by atoms with Crippen LogP contribution in [0.25, 0.3) is 10.6 Å². The number of aliphatic carboxylic acids is 1. The number of carboxylic acids is 1. The fourth-order valence-corrected chi connectivity index (χ4v) is 3.74. The lowest BCUT2D eigenvalue weighted by Gasteiger charge is -2.33. The van der Waals surface area contributed by atoms with Crippen molar-refractivity contribution in [2.45, 2.75) is 18.4 Å². The Kier molecular flexibility index (Phi) is 4.25. The zero-order valence-electron chi connectivity index (χ0n) is 13.7. The summed E-state index contributed by atoms with van der Waals surface area (Å²) >= 11 is 1.19. The van der Waals surface area contributed by atoms with Crippen molar-refractivity contribution in [2.24, 2.45) is 0 Å². The molecule has 0 atom stereocenters. The van der Waals surface area contributed by atoms with Gasteiger partial charge in [0.05, 0.1) is 6.20 Å². The molecule has 2 aliphatic rings. The molecule has 4 rings (SSSR count). The molecule has 2 N–H and O–H groups in total. The van der Waals surface area contributed by atoms with Crippen molar-refractivity contribution in [3.63, 3.8) is 0 Å². The first-order chi connectivity index (χ1) is 12.6. The van der Waals surface area contributed by atoms with Crippen LogP contribution in [0.4, 0.5) is 0 Å². The monoisotopic (exact) mass is 376 g/mol. The molecule has 1 fully saturated rings. The molecule has 0 radical (unpaired) electrons. The van der Waals surface area contributed by atoms with Gasteiger partial charge in [-0.05, 0) is 18.2 Å². The summed E-state index contributed by atoms with van der Waals surface area (Å²) in [6, 6.07) is 5.44. The third-order valence-electron chi connectivity index (χ3n) is 4.46. The van der Waals surface area contributed by atoms with E-state index in [1.165, 1.54) is 17.5 Å². The number of carboxylic acid groups (broad SMARTS) is 1. The first kappa shape index (κ1) is 16.8. The molecule has 0 saturated carbocycles. The van der Waals surface area contributed by atoms with E-state index in [1.54, 1.807) is 12.1 Å². The van der Waals surface area contributed by atoms with Crippen molar-refractivity contribution in [3.05, 3.63) is 29.3 Å². The lowest BCUT2D eigenvalue weighted by atomic mass is 9.90. The van der Waals surface area contributed by atoms with Crippen LogP contribution in [0.3, 0.4) is 0 Å². The normalized spacial score (nSPS) is 17.7. The number of nitrogens with one attached hydrogen (secondary N) is 1. The number of ether oxygens (including phenoxy) is 3. The predicted octanol–water partition coefficient (Wildman–Crippen LogP) is 1.90. The number of hydrogen-bond donors (Lipinski definition) is 2. The molecule has 9 heteroatoms. The number of nitrogens with zero attached hydrogens (tertiary/aromatic N) is 1. The molecule has 26 heavy (non-hydrogen) atoms. The number of carbonyl (C=O) groups excluding carboxylic acids is 1. The molecule has 0 spiro atoms. The number of benzene rings is 1. The molecule has 0 bridgehead atoms. The molecule has 1 aromatic heterocycles. The fourth-order valence-electron chi connectivity index (χ4n) is 2.93. The summed E-state index contributed by atoms with van der Waals surface area (Å²) in [6.07, 6.45) is 1.93. The van der Waals surface area contributed by atoms with Gasteiger partial charge in [-0.3, -0.25) is 4.79 Å². The van der Waals surface area contributed by atoms with Crippen LogP contribution in [0, 0.1) is 0 Å². The Labute approximate surface area is 152 Å². The lowest BCUT2D eigenvalue weighted by molar-refractivity contribution is -0.148. The predicted molar refractivity (Wildman–Crippen MR) is 91.6 cm³/mol. The molecule has 1 saturated heterocycles. The second kappa shape index (κ2) is 6.58. The fraction of sp³-hybridized carbons (Fsp3) is 0.353. The average Bonchev–Trinajstić information content (AvgIpc) is 3.31. The van der Waals surface area contributed by atoms with Gasteiger partial charge in [0, 0.05) is 31.6 Å². The Hall–Kier alpha value is -2.65. The van der Waals surface area contributed by atoms with Gasteiger partial charge in [0.2, 0.25) is 6.79 Å². The Bertz CT molecular complexity index is 859. The van der Waals surface area contributed by atoms with Crippen LogP contribution < -0.4 is 14.8 Å². The first-order valence-electron chi connectivity index (χ1n) is 8.07. The van der Waals surface area contributed by atoms with Gasteiger partial charge in [-0.2, -0.15) is 0 Å². The second-order valence-corrected chi connectivity index (χ2v) is 7.08. The van der Waals surface area contributed by atoms with E-state index in [0.29, 0.717) is 34.6 Å². The largest absolute Gasteiger partial charge is 0.480 e. The number of hydrogen-bond acceptors (Lipinski definition) is 7. The molecule has 1 amide bonds. The minimum absolute atomic E-state index is 0.186. The van der Waals surface area contributed by atoms with Crippen molar-refractivity contribution in [1.29, 1.82) is 0 Å². The first-order valence-corrected chi connectivity index (χ1v) is 8.89. The summed E-state index contributed by atoms with van der Waals surface area (Å²) in [5.74, 6) is -0.185. The van der Waals surface area contributed by atoms with Crippen molar-refractivity contribution in [3.8, 4) is 22.1 Å². The van der Waals surface area contributed by atoms with Crippen molar-refractivity contribution >= 4 is 23.2 Å². The van der Waals surface area contributed by atoms with E-state index in [2.05, 4.69) is 10.3 Å². The maximum absolute atomic E-state index is 12.6. The molecule has 2 aromatic rings. The number of amides is 1. The number of rotatable bonds is 4. The van der Waals surface area contributed by atoms with E-state index in [-0.39, 0.29) is 19.6 Å². The maximum atomic E-state index is 12.6. The van der Waals surface area contributed by atoms with E-state index in [4.69, 9.17) is 14.2 Å². The molecule has 8 nitrogen and oxygen atoms in total. The number of thiazole rings is 1. The smallest absolute Gasteiger partial charge is 0.329 e. The molecule has 136 valence electrons. The average molecular weight is 376 g/mol. The van der Waals surface area contributed by atoms with Crippen LogP contribution in [0.1, 0.15) is 22.5 Å². The van der Waals surface area contributed by atoms with Crippen LogP contribution in [-0.4, -0.2) is 47.5 Å². The van der Waals surface area contributed by atoms with Gasteiger partial charge in [-0.15, -0.1) is 11.3 Å². The maximum Gasteiger partial charge on any atom is 0.329 e. The number of aromatic nitrogens is 1. The van der Waals surface area contributed by atoms with E-state index in [9.17, 15) is 14.7 Å². The molecule has 0 unspecified atom stereocenters. The quantitative estimate of drug-likeness (QED) is 0.839. The number of carbonyl (C=O) groups is 2. The van der Waals surface area contributed by atoms with Crippen LogP contribution >= 0.6 is 11.3 Å². The van der Waals surface area contributed by atoms with Gasteiger partial charge in [0.1, 0.15) is 15.4 Å². The van der Waals surface area contributed by atoms with Crippen LogP contribution in [0.15, 0.2) is 24.4 Å². The third kappa shape index (κ3) is 2.99. The van der Waals surface area contributed by atoms with Gasteiger partial charge in [-0.1, -0.05) is 0 Å². The van der Waals surface area contributed by atoms with Crippen molar-refractivity contribution in [1.82, 2.24) is 10.3 Å². The van der Waals surface area contributed by atoms with Crippen LogP contribution in [0.5, 0.6) is 11.5 Å². The highest BCUT2D eigenvalue weighted by molar-refractivity contribution is 7.16. The van der Waals surface area contributed by atoms with E-state index < -0.39 is 17.4 Å². The Morgan fingerprint density at radius 1 is 1.19 bits per heavy atom. The van der Waals surface area contributed by atoms with Crippen molar-refractivity contribution in [2.75, 3.05) is 20.0 Å². The van der Waals surface area contributed by atoms with Gasteiger partial charge >= 0.3 is 5.97 Å². The van der Waals surface area contributed by atoms with E-state index in [1.807, 2.05) is 6.07 Å². The van der Waals surface area contributed by atoms with Crippen LogP contribution in [0.2, 0.25) is 0 Å². The molecular weight excluding hydrogens is 360 g/mol. The summed E-state index contributed by atoms with van der Waals surface area (Å²) < 4.78 is 15.8. The SMILES string of the molecule is O=C(NC1(C(=O)O)CCOCC1)c1cnc(-c2ccc3c(c2)OCO3)s1. The topological polar surface area (TPSA) is 107 Å². The number of fused-ring (bicyclic) bond motifs is 1. The van der Waals surface area contributed by atoms with Crippen LogP contribution in [-0.2, 0) is 9.53 Å². The van der Waals surface area contributed by atoms with Gasteiger partial charge in [0.15, 0.2) is 11.5 Å². The molecule has 0 aliphatic carbocycles. The van der Waals surface area contributed by atoms with Gasteiger partial charge in [0.25, 0.3) is 5.91 Å². The highest BCUT2D eigenvalue weighted by Crippen LogP contribution is 2.37. The standard InChI is InChI=1S/C17H16N2O6S/c20-14(19-17(16(21)22)3-5-23-6-4-17)13-8-18-15(26-13)10-1-2-11-12(7-10)25-9-24-11/h1-2,7-8H,3-6,9H2,(H,19,20)(H,21,22). The Morgan fingerprint density at radius 2 is 1.96 bits per heavy atom. The third-order valence-corrected chi connectivity index (χ3v) is 5.50. The van der Waals surface area contributed by atoms with E-state index >= 15 is 0 Å². The zero-order valence-corrected chi connectivity index (χ0v) is 14.5. The summed E-state index contributed by atoms with van der Waals surface area (Å²) in [5.41, 5.74) is -0.490. The minimum atomic E-state index is -1.29. The lowest BCUT2D eigenvalue weighted by Crippen LogP contribution is -2.57. The summed E-state index contributed by atoms with van der Waals surface area (Å²) in [4.78, 5) is 28.9. The highest BCUT2D eigenvalue weighted by atomic mass is 32.1. The second-order valence-electron chi connectivity index (χ2n) is 6.05. The molecule has 3 heterocycles.